The molecule has 0 radical (unpaired) electrons. The lowest BCUT2D eigenvalue weighted by molar-refractivity contribution is 0.0695. The van der Waals surface area contributed by atoms with Gasteiger partial charge in [0.05, 0.1) is 16.9 Å². The summed E-state index contributed by atoms with van der Waals surface area (Å²) in [7, 11) is 0. The first-order valence-corrected chi connectivity index (χ1v) is 10.2. The number of hydrogen-bond acceptors (Lipinski definition) is 4. The Morgan fingerprint density at radius 2 is 1.61 bits per heavy atom. The summed E-state index contributed by atoms with van der Waals surface area (Å²) in [4.78, 5) is 23.3. The van der Waals surface area contributed by atoms with Crippen LogP contribution in [0, 0.1) is 12.7 Å². The average molecular weight is 444 g/mol. The molecule has 1 unspecified atom stereocenters. The lowest BCUT2D eigenvalue weighted by atomic mass is 9.92. The fourth-order valence-electron chi connectivity index (χ4n) is 3.09. The Hall–Kier alpha value is -3.56. The van der Waals surface area contributed by atoms with Crippen LogP contribution in [0.4, 0.5) is 4.39 Å². The van der Waals surface area contributed by atoms with Gasteiger partial charge < -0.3 is 19.5 Å². The summed E-state index contributed by atoms with van der Waals surface area (Å²) in [6.07, 6.45) is 0. The number of halogens is 1. The van der Waals surface area contributed by atoms with Crippen molar-refractivity contribution in [2.45, 2.75) is 12.7 Å². The highest BCUT2D eigenvalue weighted by molar-refractivity contribution is 7.78. The third-order valence-electron chi connectivity index (χ3n) is 4.51. The SMILES string of the molecule is Cc1cc(-c2cc(CS(=O)O)ccc2Oc2ccccc2F)c(C(=O)O)cc1C(=O)O. The molecule has 160 valence electrons. The van der Waals surface area contributed by atoms with Gasteiger partial charge in [-0.3, -0.25) is 0 Å². The first kappa shape index (κ1) is 22.1. The molecule has 0 aromatic heterocycles. The van der Waals surface area contributed by atoms with Gasteiger partial charge in [-0.2, -0.15) is 0 Å². The maximum atomic E-state index is 14.1. The summed E-state index contributed by atoms with van der Waals surface area (Å²) < 4.78 is 40.3. The normalized spacial score (nSPS) is 11.7. The molecule has 0 spiro atoms. The zero-order valence-corrected chi connectivity index (χ0v) is 17.0. The molecule has 0 aliphatic carbocycles. The minimum absolute atomic E-state index is 0.0991. The van der Waals surface area contributed by atoms with Crippen molar-refractivity contribution in [1.29, 1.82) is 0 Å². The Morgan fingerprint density at radius 3 is 2.23 bits per heavy atom. The maximum Gasteiger partial charge on any atom is 0.336 e. The lowest BCUT2D eigenvalue weighted by Gasteiger charge is -2.16. The van der Waals surface area contributed by atoms with Gasteiger partial charge in [-0.25, -0.2) is 18.2 Å². The summed E-state index contributed by atoms with van der Waals surface area (Å²) in [6, 6.07) is 12.5. The van der Waals surface area contributed by atoms with Crippen LogP contribution in [0.2, 0.25) is 0 Å². The summed E-state index contributed by atoms with van der Waals surface area (Å²) in [6.45, 7) is 1.52. The average Bonchev–Trinajstić information content (AvgIpc) is 2.69. The van der Waals surface area contributed by atoms with Gasteiger partial charge in [0.15, 0.2) is 22.6 Å². The third kappa shape index (κ3) is 4.96. The zero-order chi connectivity index (χ0) is 22.7. The van der Waals surface area contributed by atoms with Gasteiger partial charge in [0.2, 0.25) is 0 Å². The molecule has 0 aliphatic heterocycles. The summed E-state index contributed by atoms with van der Waals surface area (Å²) in [5.41, 5.74) is 0.582. The molecule has 0 amide bonds. The highest BCUT2D eigenvalue weighted by atomic mass is 32.2. The molecule has 3 N–H and O–H groups in total. The number of rotatable bonds is 7. The van der Waals surface area contributed by atoms with E-state index in [0.29, 0.717) is 11.1 Å². The molecule has 0 saturated heterocycles. The van der Waals surface area contributed by atoms with Crippen LogP contribution in [-0.2, 0) is 16.8 Å². The van der Waals surface area contributed by atoms with Gasteiger partial charge in [-0.05, 0) is 54.4 Å². The standard InChI is InChI=1S/C22H17FO7S/c1-12-8-15(17(22(26)27)10-14(12)21(24)25)16-9-13(11-31(28)29)6-7-19(16)30-20-5-3-2-4-18(20)23/h2-10H,11H2,1H3,(H,24,25)(H,26,27)(H,28,29). The van der Waals surface area contributed by atoms with Gasteiger partial charge in [0.1, 0.15) is 5.75 Å². The highest BCUT2D eigenvalue weighted by Gasteiger charge is 2.21. The number of carbonyl (C=O) groups is 2. The van der Waals surface area contributed by atoms with Crippen molar-refractivity contribution >= 4 is 23.0 Å². The first-order chi connectivity index (χ1) is 14.7. The van der Waals surface area contributed by atoms with E-state index in [2.05, 4.69) is 0 Å². The molecule has 0 saturated carbocycles. The van der Waals surface area contributed by atoms with Crippen LogP contribution in [0.5, 0.6) is 11.5 Å². The van der Waals surface area contributed by atoms with Crippen LogP contribution >= 0.6 is 0 Å². The van der Waals surface area contributed by atoms with E-state index in [1.807, 2.05) is 0 Å². The van der Waals surface area contributed by atoms with Gasteiger partial charge in [-0.1, -0.05) is 18.2 Å². The van der Waals surface area contributed by atoms with Crippen LogP contribution < -0.4 is 4.74 Å². The van der Waals surface area contributed by atoms with Crippen molar-refractivity contribution in [3.8, 4) is 22.6 Å². The van der Waals surface area contributed by atoms with E-state index in [4.69, 9.17) is 4.74 Å². The second kappa shape index (κ2) is 9.07. The minimum Gasteiger partial charge on any atom is -0.478 e. The van der Waals surface area contributed by atoms with Crippen molar-refractivity contribution in [3.63, 3.8) is 0 Å². The Labute approximate surface area is 179 Å². The van der Waals surface area contributed by atoms with Crippen LogP contribution in [-0.4, -0.2) is 30.9 Å². The second-order valence-corrected chi connectivity index (χ2v) is 7.58. The van der Waals surface area contributed by atoms with Gasteiger partial charge in [0, 0.05) is 11.1 Å². The predicted molar refractivity (Wildman–Crippen MR) is 111 cm³/mol. The van der Waals surface area contributed by atoms with E-state index in [0.717, 1.165) is 6.07 Å². The molecule has 31 heavy (non-hydrogen) atoms. The van der Waals surface area contributed by atoms with Crippen molar-refractivity contribution < 1.29 is 37.7 Å². The molecule has 0 bridgehead atoms. The number of hydrogen-bond donors (Lipinski definition) is 3. The van der Waals surface area contributed by atoms with Gasteiger partial charge in [0.25, 0.3) is 0 Å². The molecule has 3 aromatic rings. The van der Waals surface area contributed by atoms with E-state index >= 15 is 0 Å². The van der Waals surface area contributed by atoms with Crippen LogP contribution in [0.25, 0.3) is 11.1 Å². The van der Waals surface area contributed by atoms with E-state index in [9.17, 15) is 33.0 Å². The van der Waals surface area contributed by atoms with Crippen molar-refractivity contribution in [1.82, 2.24) is 0 Å². The number of aryl methyl sites for hydroxylation is 1. The first-order valence-electron chi connectivity index (χ1n) is 8.91. The fourth-order valence-corrected chi connectivity index (χ4v) is 3.56. The molecule has 3 rings (SSSR count). The van der Waals surface area contributed by atoms with Crippen LogP contribution in [0.3, 0.4) is 0 Å². The quantitative estimate of drug-likeness (QED) is 0.451. The number of carboxylic acid groups (broad SMARTS) is 2. The molecule has 0 aliphatic rings. The molecule has 0 heterocycles. The Morgan fingerprint density at radius 1 is 0.935 bits per heavy atom. The van der Waals surface area contributed by atoms with Crippen molar-refractivity contribution in [3.05, 3.63) is 82.7 Å². The summed E-state index contributed by atoms with van der Waals surface area (Å²) >= 11 is -2.15. The molecule has 7 nitrogen and oxygen atoms in total. The van der Waals surface area contributed by atoms with Crippen LogP contribution in [0.15, 0.2) is 54.6 Å². The van der Waals surface area contributed by atoms with Gasteiger partial charge >= 0.3 is 11.9 Å². The van der Waals surface area contributed by atoms with Gasteiger partial charge in [-0.15, -0.1) is 0 Å². The second-order valence-electron chi connectivity index (χ2n) is 6.65. The fraction of sp³-hybridized carbons (Fsp3) is 0.0909. The Bertz CT molecular complexity index is 1210. The minimum atomic E-state index is -2.15. The van der Waals surface area contributed by atoms with Crippen molar-refractivity contribution in [2.75, 3.05) is 0 Å². The molecule has 1 atom stereocenters. The monoisotopic (exact) mass is 444 g/mol. The largest absolute Gasteiger partial charge is 0.478 e. The number of para-hydroxylation sites is 1. The smallest absolute Gasteiger partial charge is 0.336 e. The Balaban J connectivity index is 2.25. The van der Waals surface area contributed by atoms with Crippen LogP contribution in [0.1, 0.15) is 31.8 Å². The van der Waals surface area contributed by atoms with E-state index in [1.165, 1.54) is 49.4 Å². The van der Waals surface area contributed by atoms with E-state index < -0.39 is 28.8 Å². The molecular weight excluding hydrogens is 427 g/mol. The number of aromatic carboxylic acids is 2. The van der Waals surface area contributed by atoms with E-state index in [1.54, 1.807) is 6.07 Å². The number of carboxylic acids is 2. The number of ether oxygens (including phenoxy) is 1. The predicted octanol–water partition coefficient (Wildman–Crippen LogP) is 4.71. The molecule has 0 fully saturated rings. The zero-order valence-electron chi connectivity index (χ0n) is 16.2. The van der Waals surface area contributed by atoms with Crippen molar-refractivity contribution in [2.24, 2.45) is 0 Å². The molecule has 3 aromatic carbocycles. The topological polar surface area (TPSA) is 121 Å². The Kier molecular flexibility index (Phi) is 6.47. The summed E-state index contributed by atoms with van der Waals surface area (Å²) in [5.74, 6) is -3.50. The van der Waals surface area contributed by atoms with E-state index in [-0.39, 0.29) is 39.5 Å². The third-order valence-corrected chi connectivity index (χ3v) is 5.09. The summed E-state index contributed by atoms with van der Waals surface area (Å²) in [5, 5.41) is 19.0. The molecule has 9 heteroatoms. The number of benzene rings is 3. The highest BCUT2D eigenvalue weighted by Crippen LogP contribution is 2.38. The molecular formula is C22H17FO7S. The maximum absolute atomic E-state index is 14.1. The lowest BCUT2D eigenvalue weighted by Crippen LogP contribution is -2.07.